The van der Waals surface area contributed by atoms with Crippen LogP contribution in [0.5, 0.6) is 0 Å². The molecule has 0 aliphatic carbocycles. The summed E-state index contributed by atoms with van der Waals surface area (Å²) in [7, 11) is 0. The number of hydrogen-bond donors (Lipinski definition) is 1. The summed E-state index contributed by atoms with van der Waals surface area (Å²) >= 11 is 1.91. The Balaban J connectivity index is 2.42. The van der Waals surface area contributed by atoms with Gasteiger partial charge in [-0.2, -0.15) is 0 Å². The Morgan fingerprint density at radius 1 is 1.53 bits per heavy atom. The van der Waals surface area contributed by atoms with E-state index in [1.54, 1.807) is 13.8 Å². The highest BCUT2D eigenvalue weighted by atomic mass is 127. The normalized spacial score (nSPS) is 10.7. The monoisotopic (exact) mass is 374 g/mol. The molecule has 0 aliphatic rings. The number of rotatable bonds is 3. The fourth-order valence-corrected chi connectivity index (χ4v) is 2.16. The molecule has 0 saturated heterocycles. The van der Waals surface area contributed by atoms with E-state index in [1.165, 1.54) is 16.8 Å². The van der Waals surface area contributed by atoms with Crippen LogP contribution >= 0.6 is 22.6 Å². The molecule has 1 N–H and O–H groups in total. The van der Waals surface area contributed by atoms with Gasteiger partial charge in [-0.3, -0.25) is 9.36 Å². The van der Waals surface area contributed by atoms with Crippen LogP contribution in [0.1, 0.15) is 27.7 Å². The Hall–Kier alpha value is -1.64. The maximum absolute atomic E-state index is 12.0. The second-order valence-corrected chi connectivity index (χ2v) is 5.19. The summed E-state index contributed by atoms with van der Waals surface area (Å²) in [6.45, 7) is 3.46. The van der Waals surface area contributed by atoms with Crippen molar-refractivity contribution in [1.29, 1.82) is 0 Å². The van der Waals surface area contributed by atoms with Crippen LogP contribution in [0.3, 0.4) is 0 Å². The van der Waals surface area contributed by atoms with Gasteiger partial charge in [0.2, 0.25) is 0 Å². The third-order valence-electron chi connectivity index (χ3n) is 2.72. The number of nitrogens with zero attached hydrogens (tertiary/aromatic N) is 2. The highest BCUT2D eigenvalue weighted by Gasteiger charge is 2.15. The minimum atomic E-state index is -1.04. The summed E-state index contributed by atoms with van der Waals surface area (Å²) in [6, 6.07) is 1.43. The predicted octanol–water partition coefficient (Wildman–Crippen LogP) is 1.80. The smallest absolute Gasteiger partial charge is 0.339 e. The molecule has 19 heavy (non-hydrogen) atoms. The van der Waals surface area contributed by atoms with E-state index in [1.807, 2.05) is 22.6 Å². The van der Waals surface area contributed by atoms with Gasteiger partial charge in [-0.05, 0) is 42.5 Å². The zero-order valence-corrected chi connectivity index (χ0v) is 12.5. The Kier molecular flexibility index (Phi) is 3.74. The fraction of sp³-hybridized carbons (Fsp3) is 0.250. The van der Waals surface area contributed by atoms with Crippen molar-refractivity contribution >= 4 is 28.6 Å². The first-order chi connectivity index (χ1) is 8.90. The van der Waals surface area contributed by atoms with Gasteiger partial charge in [0, 0.05) is 6.20 Å². The Labute approximate surface area is 122 Å². The number of carbonyl (C=O) groups is 1. The third kappa shape index (κ3) is 2.70. The van der Waals surface area contributed by atoms with Gasteiger partial charge >= 0.3 is 5.97 Å². The van der Waals surface area contributed by atoms with Gasteiger partial charge in [0.05, 0.1) is 10.1 Å². The number of halogens is 1. The molecule has 2 aromatic heterocycles. The molecule has 0 spiro atoms. The third-order valence-corrected chi connectivity index (χ3v) is 3.46. The van der Waals surface area contributed by atoms with Crippen LogP contribution in [-0.4, -0.2) is 20.6 Å². The number of hydrogen-bond acceptors (Lipinski definition) is 4. The van der Waals surface area contributed by atoms with Crippen LogP contribution in [0.2, 0.25) is 0 Å². The largest absolute Gasteiger partial charge is 0.478 e. The highest BCUT2D eigenvalue weighted by molar-refractivity contribution is 14.1. The van der Waals surface area contributed by atoms with Crippen LogP contribution in [0.15, 0.2) is 21.5 Å². The van der Waals surface area contributed by atoms with Crippen molar-refractivity contribution < 1.29 is 14.3 Å². The lowest BCUT2D eigenvalue weighted by Crippen LogP contribution is -2.25. The van der Waals surface area contributed by atoms with Gasteiger partial charge in [-0.25, -0.2) is 9.78 Å². The summed E-state index contributed by atoms with van der Waals surface area (Å²) in [5.74, 6) is 0.254. The molecule has 0 amide bonds. The van der Waals surface area contributed by atoms with Crippen LogP contribution in [0, 0.1) is 17.4 Å². The van der Waals surface area contributed by atoms with E-state index in [0.29, 0.717) is 20.9 Å². The number of carboxylic acids is 1. The molecular weight excluding hydrogens is 363 g/mol. The maximum atomic E-state index is 12.0. The summed E-state index contributed by atoms with van der Waals surface area (Å²) in [5, 5.41) is 8.96. The molecule has 0 radical (unpaired) electrons. The van der Waals surface area contributed by atoms with E-state index in [0.717, 1.165) is 0 Å². The van der Waals surface area contributed by atoms with Crippen LogP contribution in [0.25, 0.3) is 0 Å². The molecule has 2 aromatic rings. The Morgan fingerprint density at radius 2 is 2.21 bits per heavy atom. The number of aryl methyl sites for hydroxylation is 2. The maximum Gasteiger partial charge on any atom is 0.339 e. The van der Waals surface area contributed by atoms with Crippen molar-refractivity contribution in [2.24, 2.45) is 0 Å². The standard InChI is InChI=1S/C12H11IN2O4/c1-6-9(12(17)18)3-8(19-6)5-15-7(2)14-4-10(13)11(15)16/h3-4H,5H2,1-2H3,(H,17,18). The highest BCUT2D eigenvalue weighted by Crippen LogP contribution is 2.15. The van der Waals surface area contributed by atoms with E-state index < -0.39 is 5.97 Å². The fourth-order valence-electron chi connectivity index (χ4n) is 1.73. The molecule has 0 aromatic carbocycles. The van der Waals surface area contributed by atoms with E-state index >= 15 is 0 Å². The minimum absolute atomic E-state index is 0.110. The number of aromatic nitrogens is 2. The molecule has 2 heterocycles. The molecule has 0 bridgehead atoms. The molecule has 0 aliphatic heterocycles. The quantitative estimate of drug-likeness (QED) is 0.829. The second kappa shape index (κ2) is 5.16. The molecule has 6 nitrogen and oxygen atoms in total. The summed E-state index contributed by atoms with van der Waals surface area (Å²) in [5.41, 5.74) is -0.0571. The lowest BCUT2D eigenvalue weighted by molar-refractivity contribution is 0.0695. The van der Waals surface area contributed by atoms with E-state index in [4.69, 9.17) is 9.52 Å². The number of carboxylic acid groups (broad SMARTS) is 1. The summed E-state index contributed by atoms with van der Waals surface area (Å²) < 4.78 is 7.31. The Morgan fingerprint density at radius 3 is 2.79 bits per heavy atom. The number of aromatic carboxylic acids is 1. The van der Waals surface area contributed by atoms with Crippen LogP contribution < -0.4 is 5.56 Å². The molecule has 0 atom stereocenters. The van der Waals surface area contributed by atoms with Gasteiger partial charge in [0.15, 0.2) is 0 Å². The van der Waals surface area contributed by atoms with Crippen LogP contribution in [0.4, 0.5) is 0 Å². The van der Waals surface area contributed by atoms with Gasteiger partial charge in [-0.1, -0.05) is 0 Å². The molecular formula is C12H11IN2O4. The Bertz CT molecular complexity index is 702. The van der Waals surface area contributed by atoms with Gasteiger partial charge in [0.1, 0.15) is 22.9 Å². The van der Waals surface area contributed by atoms with E-state index in [9.17, 15) is 9.59 Å². The van der Waals surface area contributed by atoms with Crippen molar-refractivity contribution in [2.75, 3.05) is 0 Å². The minimum Gasteiger partial charge on any atom is -0.478 e. The number of furan rings is 1. The zero-order valence-electron chi connectivity index (χ0n) is 10.3. The first-order valence-corrected chi connectivity index (χ1v) is 6.52. The van der Waals surface area contributed by atoms with Crippen molar-refractivity contribution in [2.45, 2.75) is 20.4 Å². The van der Waals surface area contributed by atoms with Crippen molar-refractivity contribution in [3.63, 3.8) is 0 Å². The molecule has 7 heteroatoms. The SMILES string of the molecule is Cc1oc(Cn2c(C)ncc(I)c2=O)cc1C(=O)O. The van der Waals surface area contributed by atoms with Gasteiger partial charge in [-0.15, -0.1) is 0 Å². The zero-order chi connectivity index (χ0) is 14.2. The van der Waals surface area contributed by atoms with Crippen molar-refractivity contribution in [3.05, 3.63) is 49.1 Å². The van der Waals surface area contributed by atoms with Gasteiger partial charge < -0.3 is 9.52 Å². The van der Waals surface area contributed by atoms with Gasteiger partial charge in [0.25, 0.3) is 5.56 Å². The molecule has 2 rings (SSSR count). The average Bonchev–Trinajstić information content (AvgIpc) is 2.71. The van der Waals surface area contributed by atoms with E-state index in [-0.39, 0.29) is 17.7 Å². The van der Waals surface area contributed by atoms with Crippen molar-refractivity contribution in [3.8, 4) is 0 Å². The second-order valence-electron chi connectivity index (χ2n) is 4.03. The summed E-state index contributed by atoms with van der Waals surface area (Å²) in [4.78, 5) is 27.0. The van der Waals surface area contributed by atoms with E-state index in [2.05, 4.69) is 4.98 Å². The van der Waals surface area contributed by atoms with Crippen LogP contribution in [-0.2, 0) is 6.54 Å². The van der Waals surface area contributed by atoms with Crippen molar-refractivity contribution in [1.82, 2.24) is 9.55 Å². The molecule has 0 saturated carbocycles. The molecule has 0 fully saturated rings. The lowest BCUT2D eigenvalue weighted by atomic mass is 10.2. The topological polar surface area (TPSA) is 85.3 Å². The first-order valence-electron chi connectivity index (χ1n) is 5.44. The molecule has 100 valence electrons. The first kappa shape index (κ1) is 13.8. The lowest BCUT2D eigenvalue weighted by Gasteiger charge is -2.07. The predicted molar refractivity (Wildman–Crippen MR) is 75.5 cm³/mol. The molecule has 0 unspecified atom stereocenters. The average molecular weight is 374 g/mol. The summed E-state index contributed by atoms with van der Waals surface area (Å²) in [6.07, 6.45) is 1.50.